The van der Waals surface area contributed by atoms with E-state index < -0.39 is 0 Å². The monoisotopic (exact) mass is 222 g/mol. The average molecular weight is 223 g/mol. The molecule has 1 saturated carbocycles. The molecule has 0 aliphatic heterocycles. The molecule has 0 atom stereocenters. The number of nitrogens with zero attached hydrogens (tertiary/aromatic N) is 3. The number of aromatic nitrogens is 3. The molecule has 1 fully saturated rings. The molecule has 0 bridgehead atoms. The second kappa shape index (κ2) is 3.10. The third kappa shape index (κ3) is 1.45. The summed E-state index contributed by atoms with van der Waals surface area (Å²) in [6.07, 6.45) is 4.18. The smallest absolute Gasteiger partial charge is 0.159 e. The SMILES string of the molecule is Cc1c(Cl)nc2ccnn2c1NC1CC1. The first-order chi connectivity index (χ1) is 7.25. The fourth-order valence-electron chi connectivity index (χ4n) is 1.58. The maximum absolute atomic E-state index is 6.06. The Morgan fingerprint density at radius 3 is 3.07 bits per heavy atom. The zero-order chi connectivity index (χ0) is 10.4. The van der Waals surface area contributed by atoms with Crippen molar-refractivity contribution in [2.45, 2.75) is 25.8 Å². The lowest BCUT2D eigenvalue weighted by Gasteiger charge is -2.11. The maximum Gasteiger partial charge on any atom is 0.159 e. The minimum Gasteiger partial charge on any atom is -0.367 e. The van der Waals surface area contributed by atoms with Crippen molar-refractivity contribution in [1.82, 2.24) is 14.6 Å². The number of anilines is 1. The first kappa shape index (κ1) is 8.97. The van der Waals surface area contributed by atoms with Crippen LogP contribution in [-0.2, 0) is 0 Å². The number of rotatable bonds is 2. The van der Waals surface area contributed by atoms with Gasteiger partial charge in [0.05, 0.1) is 6.20 Å². The van der Waals surface area contributed by atoms with E-state index in [4.69, 9.17) is 11.6 Å². The molecule has 2 aromatic heterocycles. The summed E-state index contributed by atoms with van der Waals surface area (Å²) < 4.78 is 1.81. The number of hydrogen-bond acceptors (Lipinski definition) is 3. The second-order valence-corrected chi connectivity index (χ2v) is 4.25. The van der Waals surface area contributed by atoms with E-state index in [1.807, 2.05) is 13.0 Å². The van der Waals surface area contributed by atoms with E-state index in [2.05, 4.69) is 15.4 Å². The number of fused-ring (bicyclic) bond motifs is 1. The molecule has 1 aliphatic rings. The summed E-state index contributed by atoms with van der Waals surface area (Å²) in [5, 5.41) is 8.21. The Kier molecular flexibility index (Phi) is 1.85. The van der Waals surface area contributed by atoms with Gasteiger partial charge in [-0.1, -0.05) is 11.6 Å². The molecule has 1 N–H and O–H groups in total. The molecule has 0 amide bonds. The fourth-order valence-corrected chi connectivity index (χ4v) is 1.76. The molecule has 4 nitrogen and oxygen atoms in total. The predicted molar refractivity (Wildman–Crippen MR) is 59.4 cm³/mol. The van der Waals surface area contributed by atoms with Gasteiger partial charge in [0.2, 0.25) is 0 Å². The number of halogens is 1. The van der Waals surface area contributed by atoms with Crippen molar-refractivity contribution in [2.24, 2.45) is 0 Å². The lowest BCUT2D eigenvalue weighted by atomic mass is 10.3. The second-order valence-electron chi connectivity index (χ2n) is 3.90. The van der Waals surface area contributed by atoms with Crippen molar-refractivity contribution in [3.63, 3.8) is 0 Å². The van der Waals surface area contributed by atoms with E-state index in [0.717, 1.165) is 17.0 Å². The Bertz CT molecular complexity index is 515. The molecule has 1 aliphatic carbocycles. The van der Waals surface area contributed by atoms with E-state index in [0.29, 0.717) is 11.2 Å². The van der Waals surface area contributed by atoms with E-state index in [1.165, 1.54) is 12.8 Å². The van der Waals surface area contributed by atoms with Gasteiger partial charge in [-0.3, -0.25) is 0 Å². The summed E-state index contributed by atoms with van der Waals surface area (Å²) in [5.74, 6) is 0.970. The summed E-state index contributed by atoms with van der Waals surface area (Å²) >= 11 is 6.06. The van der Waals surface area contributed by atoms with Gasteiger partial charge >= 0.3 is 0 Å². The van der Waals surface area contributed by atoms with Crippen LogP contribution in [0, 0.1) is 6.92 Å². The third-order valence-corrected chi connectivity index (χ3v) is 3.00. The zero-order valence-corrected chi connectivity index (χ0v) is 9.12. The predicted octanol–water partition coefficient (Wildman–Crippen LogP) is 2.27. The van der Waals surface area contributed by atoms with Crippen LogP contribution in [0.4, 0.5) is 5.82 Å². The van der Waals surface area contributed by atoms with Crippen molar-refractivity contribution < 1.29 is 0 Å². The van der Waals surface area contributed by atoms with Gasteiger partial charge in [0, 0.05) is 17.7 Å². The molecule has 5 heteroatoms. The van der Waals surface area contributed by atoms with E-state index >= 15 is 0 Å². The Morgan fingerprint density at radius 2 is 2.33 bits per heavy atom. The molecule has 0 spiro atoms. The molecular formula is C10H11ClN4. The van der Waals surface area contributed by atoms with Crippen LogP contribution in [0.3, 0.4) is 0 Å². The molecule has 0 unspecified atom stereocenters. The fraction of sp³-hybridized carbons (Fsp3) is 0.400. The first-order valence-electron chi connectivity index (χ1n) is 5.02. The Hall–Kier alpha value is -1.29. The minimum atomic E-state index is 0.547. The third-order valence-electron chi connectivity index (χ3n) is 2.63. The molecule has 0 aromatic carbocycles. The van der Waals surface area contributed by atoms with Crippen LogP contribution in [0.5, 0.6) is 0 Å². The highest BCUT2D eigenvalue weighted by molar-refractivity contribution is 6.30. The van der Waals surface area contributed by atoms with Crippen LogP contribution < -0.4 is 5.32 Å². The molecule has 78 valence electrons. The number of hydrogen-bond donors (Lipinski definition) is 1. The lowest BCUT2D eigenvalue weighted by Crippen LogP contribution is -2.10. The van der Waals surface area contributed by atoms with Crippen molar-refractivity contribution in [3.05, 3.63) is 23.0 Å². The van der Waals surface area contributed by atoms with Crippen LogP contribution in [0.15, 0.2) is 12.3 Å². The van der Waals surface area contributed by atoms with Crippen LogP contribution in [0.1, 0.15) is 18.4 Å². The van der Waals surface area contributed by atoms with E-state index in [-0.39, 0.29) is 0 Å². The number of nitrogens with one attached hydrogen (secondary N) is 1. The average Bonchev–Trinajstić information content (AvgIpc) is 2.92. The largest absolute Gasteiger partial charge is 0.367 e. The Morgan fingerprint density at radius 1 is 1.53 bits per heavy atom. The molecule has 0 radical (unpaired) electrons. The van der Waals surface area contributed by atoms with Crippen molar-refractivity contribution in [1.29, 1.82) is 0 Å². The minimum absolute atomic E-state index is 0.547. The van der Waals surface area contributed by atoms with Gasteiger partial charge in [0.25, 0.3) is 0 Å². The van der Waals surface area contributed by atoms with Crippen LogP contribution >= 0.6 is 11.6 Å². The van der Waals surface area contributed by atoms with Crippen molar-refractivity contribution in [2.75, 3.05) is 5.32 Å². The van der Waals surface area contributed by atoms with E-state index in [1.54, 1.807) is 10.7 Å². The lowest BCUT2D eigenvalue weighted by molar-refractivity contribution is 0.914. The topological polar surface area (TPSA) is 42.2 Å². The van der Waals surface area contributed by atoms with Gasteiger partial charge in [-0.05, 0) is 19.8 Å². The van der Waals surface area contributed by atoms with Gasteiger partial charge in [0.1, 0.15) is 11.0 Å². The van der Waals surface area contributed by atoms with Crippen molar-refractivity contribution >= 4 is 23.1 Å². The van der Waals surface area contributed by atoms with Crippen LogP contribution in [0.25, 0.3) is 5.65 Å². The van der Waals surface area contributed by atoms with E-state index in [9.17, 15) is 0 Å². The summed E-state index contributed by atoms with van der Waals surface area (Å²) in [4.78, 5) is 4.25. The Balaban J connectivity index is 2.20. The maximum atomic E-state index is 6.06. The molecule has 2 heterocycles. The highest BCUT2D eigenvalue weighted by atomic mass is 35.5. The standard InChI is InChI=1S/C10H11ClN4/c1-6-9(11)14-8-4-5-12-15(8)10(6)13-7-2-3-7/h4-5,7,13H,2-3H2,1H3. The van der Waals surface area contributed by atoms with Crippen LogP contribution in [0.2, 0.25) is 5.15 Å². The summed E-state index contributed by atoms with van der Waals surface area (Å²) in [5.41, 5.74) is 1.74. The summed E-state index contributed by atoms with van der Waals surface area (Å²) in [6, 6.07) is 2.43. The quantitative estimate of drug-likeness (QED) is 0.793. The highest BCUT2D eigenvalue weighted by Crippen LogP contribution is 2.29. The molecule has 3 rings (SSSR count). The first-order valence-corrected chi connectivity index (χ1v) is 5.40. The normalized spacial score (nSPS) is 15.9. The van der Waals surface area contributed by atoms with Gasteiger partial charge in [-0.2, -0.15) is 9.61 Å². The van der Waals surface area contributed by atoms with Gasteiger partial charge < -0.3 is 5.32 Å². The molecule has 2 aromatic rings. The summed E-state index contributed by atoms with van der Waals surface area (Å²) in [7, 11) is 0. The highest BCUT2D eigenvalue weighted by Gasteiger charge is 2.23. The molecule has 15 heavy (non-hydrogen) atoms. The summed E-state index contributed by atoms with van der Waals surface area (Å²) in [6.45, 7) is 1.96. The zero-order valence-electron chi connectivity index (χ0n) is 8.37. The van der Waals surface area contributed by atoms with Crippen LogP contribution in [-0.4, -0.2) is 20.6 Å². The van der Waals surface area contributed by atoms with Gasteiger partial charge in [-0.25, -0.2) is 4.98 Å². The van der Waals surface area contributed by atoms with Crippen molar-refractivity contribution in [3.8, 4) is 0 Å². The van der Waals surface area contributed by atoms with Gasteiger partial charge in [0.15, 0.2) is 5.65 Å². The molecular weight excluding hydrogens is 212 g/mol. The Labute approximate surface area is 92.3 Å². The van der Waals surface area contributed by atoms with Gasteiger partial charge in [-0.15, -0.1) is 0 Å². The molecule has 0 saturated heterocycles.